The third-order valence-corrected chi connectivity index (χ3v) is 9.52. The zero-order valence-electron chi connectivity index (χ0n) is 21.4. The molecule has 0 radical (unpaired) electrons. The van der Waals surface area contributed by atoms with Gasteiger partial charge in [0.15, 0.2) is 11.5 Å². The van der Waals surface area contributed by atoms with Crippen molar-refractivity contribution in [2.75, 3.05) is 20.2 Å². The van der Waals surface area contributed by atoms with E-state index in [1.165, 1.54) is 6.07 Å². The van der Waals surface area contributed by atoms with Crippen molar-refractivity contribution in [1.29, 1.82) is 0 Å². The minimum Gasteiger partial charge on any atom is -0.497 e. The van der Waals surface area contributed by atoms with Gasteiger partial charge in [-0.1, -0.05) is 19.9 Å². The molecule has 1 aliphatic heterocycles. The van der Waals surface area contributed by atoms with Gasteiger partial charge in [0.25, 0.3) is 15.9 Å². The van der Waals surface area contributed by atoms with Crippen LogP contribution in [0, 0.1) is 5.92 Å². The van der Waals surface area contributed by atoms with Crippen molar-refractivity contribution in [3.63, 3.8) is 0 Å². The summed E-state index contributed by atoms with van der Waals surface area (Å²) >= 11 is 1.09. The number of rotatable bonds is 9. The lowest BCUT2D eigenvalue weighted by Gasteiger charge is -2.23. The zero-order chi connectivity index (χ0) is 27.4. The molecule has 10 nitrogen and oxygen atoms in total. The van der Waals surface area contributed by atoms with Gasteiger partial charge >= 0.3 is 0 Å². The Labute approximate surface area is 225 Å². The standard InChI is InChI=1S/C26H31N3O7S2/c1-16(2)12-20(28-26(32)23-14-17-13-18(35-3)8-9-22(17)36-23)25(31)27-19-6-4-10-29(15-21(19)30)38(33,34)24-7-5-11-37-24/h5,7-9,11,13-14,16,19-20H,4,6,10,12,15H2,1-3H3,(H,27,31)(H,28,32)/t19-,20-/m0/s1. The number of benzene rings is 1. The first-order valence-corrected chi connectivity index (χ1v) is 14.7. The van der Waals surface area contributed by atoms with Crippen molar-refractivity contribution in [3.05, 3.63) is 47.5 Å². The first-order valence-electron chi connectivity index (χ1n) is 12.3. The topological polar surface area (TPSA) is 135 Å². The van der Waals surface area contributed by atoms with Crippen molar-refractivity contribution in [3.8, 4) is 5.75 Å². The van der Waals surface area contributed by atoms with E-state index >= 15 is 0 Å². The van der Waals surface area contributed by atoms with E-state index in [-0.39, 0.29) is 29.0 Å². The van der Waals surface area contributed by atoms with Crippen LogP contribution in [0.4, 0.5) is 0 Å². The molecule has 1 aliphatic rings. The molecular weight excluding hydrogens is 530 g/mol. The van der Waals surface area contributed by atoms with Crippen LogP contribution in [0.15, 0.2) is 50.4 Å². The molecule has 38 heavy (non-hydrogen) atoms. The lowest BCUT2D eigenvalue weighted by Crippen LogP contribution is -2.52. The summed E-state index contributed by atoms with van der Waals surface area (Å²) in [5.41, 5.74) is 0.506. The van der Waals surface area contributed by atoms with Gasteiger partial charge in [-0.05, 0) is 60.9 Å². The minimum absolute atomic E-state index is 0.0507. The number of thiophene rings is 1. The maximum Gasteiger partial charge on any atom is 0.287 e. The summed E-state index contributed by atoms with van der Waals surface area (Å²) in [4.78, 5) is 39.2. The Balaban J connectivity index is 1.44. The molecule has 1 saturated heterocycles. The summed E-state index contributed by atoms with van der Waals surface area (Å²) in [7, 11) is -2.23. The number of Topliss-reactive ketones (excluding diaryl/α,β-unsaturated/α-hetero) is 1. The molecule has 0 saturated carbocycles. The second-order valence-electron chi connectivity index (χ2n) is 9.61. The molecule has 2 amide bonds. The maximum atomic E-state index is 13.2. The number of hydrogen-bond acceptors (Lipinski definition) is 8. The molecule has 2 aromatic heterocycles. The van der Waals surface area contributed by atoms with Gasteiger partial charge in [-0.25, -0.2) is 8.42 Å². The van der Waals surface area contributed by atoms with Crippen molar-refractivity contribution >= 4 is 49.9 Å². The largest absolute Gasteiger partial charge is 0.497 e. The van der Waals surface area contributed by atoms with E-state index in [1.807, 2.05) is 13.8 Å². The molecule has 204 valence electrons. The molecule has 2 N–H and O–H groups in total. The van der Waals surface area contributed by atoms with Crippen molar-refractivity contribution in [1.82, 2.24) is 14.9 Å². The van der Waals surface area contributed by atoms with Gasteiger partial charge in [-0.2, -0.15) is 4.31 Å². The maximum absolute atomic E-state index is 13.2. The van der Waals surface area contributed by atoms with Crippen LogP contribution < -0.4 is 15.4 Å². The number of ether oxygens (including phenoxy) is 1. The van der Waals surface area contributed by atoms with Crippen LogP contribution in [-0.2, 0) is 19.6 Å². The van der Waals surface area contributed by atoms with Crippen LogP contribution in [0.25, 0.3) is 11.0 Å². The van der Waals surface area contributed by atoms with Crippen LogP contribution in [0.1, 0.15) is 43.7 Å². The highest BCUT2D eigenvalue weighted by atomic mass is 32.2. The molecule has 0 aliphatic carbocycles. The summed E-state index contributed by atoms with van der Waals surface area (Å²) in [6.07, 6.45) is 1.05. The van der Waals surface area contributed by atoms with E-state index in [1.54, 1.807) is 42.8 Å². The smallest absolute Gasteiger partial charge is 0.287 e. The van der Waals surface area contributed by atoms with Gasteiger partial charge in [0, 0.05) is 11.9 Å². The number of sulfonamides is 1. The molecular formula is C26H31N3O7S2. The molecule has 12 heteroatoms. The van der Waals surface area contributed by atoms with Gasteiger partial charge in [-0.15, -0.1) is 11.3 Å². The van der Waals surface area contributed by atoms with Gasteiger partial charge < -0.3 is 19.8 Å². The first kappa shape index (κ1) is 27.8. The average molecular weight is 562 g/mol. The highest BCUT2D eigenvalue weighted by molar-refractivity contribution is 7.91. The molecule has 0 unspecified atom stereocenters. The van der Waals surface area contributed by atoms with E-state index in [0.29, 0.717) is 36.0 Å². The fourth-order valence-corrected chi connectivity index (χ4v) is 6.95. The van der Waals surface area contributed by atoms with E-state index < -0.39 is 39.7 Å². The number of amides is 2. The van der Waals surface area contributed by atoms with Crippen LogP contribution in [0.3, 0.4) is 0 Å². The number of carbonyl (C=O) groups excluding carboxylic acids is 3. The molecule has 1 fully saturated rings. The van der Waals surface area contributed by atoms with Gasteiger partial charge in [-0.3, -0.25) is 14.4 Å². The zero-order valence-corrected chi connectivity index (χ0v) is 23.1. The van der Waals surface area contributed by atoms with E-state index in [4.69, 9.17) is 9.15 Å². The predicted octanol–water partition coefficient (Wildman–Crippen LogP) is 3.19. The Kier molecular flexibility index (Phi) is 8.54. The third-order valence-electron chi connectivity index (χ3n) is 6.30. The van der Waals surface area contributed by atoms with Gasteiger partial charge in [0.2, 0.25) is 5.91 Å². The van der Waals surface area contributed by atoms with E-state index in [0.717, 1.165) is 15.6 Å². The summed E-state index contributed by atoms with van der Waals surface area (Å²) < 4.78 is 38.0. The second-order valence-corrected chi connectivity index (χ2v) is 12.7. The number of nitrogens with one attached hydrogen (secondary N) is 2. The molecule has 0 bridgehead atoms. The van der Waals surface area contributed by atoms with Crippen LogP contribution in [-0.4, -0.2) is 62.6 Å². The lowest BCUT2D eigenvalue weighted by molar-refractivity contribution is -0.129. The summed E-state index contributed by atoms with van der Waals surface area (Å²) in [5.74, 6) is -0.704. The highest BCUT2D eigenvalue weighted by Gasteiger charge is 2.35. The number of furan rings is 1. The van der Waals surface area contributed by atoms with Crippen LogP contribution in [0.5, 0.6) is 5.75 Å². The molecule has 3 heterocycles. The van der Waals surface area contributed by atoms with E-state index in [9.17, 15) is 22.8 Å². The lowest BCUT2D eigenvalue weighted by atomic mass is 10.0. The van der Waals surface area contributed by atoms with Crippen LogP contribution in [0.2, 0.25) is 0 Å². The SMILES string of the molecule is COc1ccc2oc(C(=O)N[C@@H](CC(C)C)C(=O)N[C@H]3CCCN(S(=O)(=O)c4cccs4)CC3=O)cc2c1. The van der Waals surface area contributed by atoms with Crippen LogP contribution >= 0.6 is 11.3 Å². The normalized spacial score (nSPS) is 17.8. The Morgan fingerprint density at radius 3 is 2.71 bits per heavy atom. The monoisotopic (exact) mass is 561 g/mol. The Bertz CT molecular complexity index is 1410. The molecule has 1 aromatic carbocycles. The fourth-order valence-electron chi connectivity index (χ4n) is 4.36. The first-order chi connectivity index (χ1) is 18.1. The Hall–Kier alpha value is -3.22. The average Bonchev–Trinajstić information content (AvgIpc) is 3.53. The number of ketones is 1. The highest BCUT2D eigenvalue weighted by Crippen LogP contribution is 2.25. The number of fused-ring (bicyclic) bond motifs is 1. The van der Waals surface area contributed by atoms with Crippen molar-refractivity contribution < 1.29 is 32.0 Å². The number of hydrogen-bond donors (Lipinski definition) is 2. The molecule has 4 rings (SSSR count). The second kappa shape index (κ2) is 11.7. The summed E-state index contributed by atoms with van der Waals surface area (Å²) in [5, 5.41) is 7.84. The number of carbonyl (C=O) groups is 3. The molecule has 2 atom stereocenters. The third kappa shape index (κ3) is 6.25. The fraction of sp³-hybridized carbons (Fsp3) is 0.423. The quantitative estimate of drug-likeness (QED) is 0.410. The Morgan fingerprint density at radius 1 is 1.24 bits per heavy atom. The molecule has 0 spiro atoms. The Morgan fingerprint density at radius 2 is 2.03 bits per heavy atom. The summed E-state index contributed by atoms with van der Waals surface area (Å²) in [6.45, 7) is 3.70. The minimum atomic E-state index is -3.78. The number of methoxy groups -OCH3 is 1. The van der Waals surface area contributed by atoms with Gasteiger partial charge in [0.05, 0.1) is 19.7 Å². The van der Waals surface area contributed by atoms with E-state index in [2.05, 4.69) is 10.6 Å². The number of nitrogens with zero attached hydrogens (tertiary/aromatic N) is 1. The predicted molar refractivity (Wildman–Crippen MR) is 143 cm³/mol. The van der Waals surface area contributed by atoms with Crippen molar-refractivity contribution in [2.24, 2.45) is 5.92 Å². The molecule has 3 aromatic rings. The summed E-state index contributed by atoms with van der Waals surface area (Å²) in [6, 6.07) is 8.13. The van der Waals surface area contributed by atoms with Crippen molar-refractivity contribution in [2.45, 2.75) is 49.4 Å². The van der Waals surface area contributed by atoms with Gasteiger partial charge in [0.1, 0.15) is 21.6 Å².